The Morgan fingerprint density at radius 2 is 1.78 bits per heavy atom. The van der Waals surface area contributed by atoms with Gasteiger partial charge in [-0.2, -0.15) is 0 Å². The van der Waals surface area contributed by atoms with Crippen LogP contribution in [-0.2, 0) is 9.59 Å². The number of amides is 1. The van der Waals surface area contributed by atoms with Gasteiger partial charge in [0.15, 0.2) is 0 Å². The van der Waals surface area contributed by atoms with Gasteiger partial charge in [-0.05, 0) is 29.7 Å². The number of benzene rings is 1. The molecule has 0 aromatic heterocycles. The first-order chi connectivity index (χ1) is 8.34. The highest BCUT2D eigenvalue weighted by Crippen LogP contribution is 2.58. The number of aliphatic carboxylic acids is 1. The van der Waals surface area contributed by atoms with Crippen LogP contribution in [0, 0.1) is 17.3 Å². The molecule has 1 fully saturated rings. The van der Waals surface area contributed by atoms with Crippen molar-refractivity contribution < 1.29 is 14.7 Å². The molecule has 0 aliphatic heterocycles. The van der Waals surface area contributed by atoms with Crippen LogP contribution < -0.4 is 5.32 Å². The Morgan fingerprint density at radius 3 is 2.22 bits per heavy atom. The molecule has 0 heterocycles. The van der Waals surface area contributed by atoms with Crippen LogP contribution in [0.1, 0.15) is 13.8 Å². The highest BCUT2D eigenvalue weighted by molar-refractivity contribution is 9.10. The summed E-state index contributed by atoms with van der Waals surface area (Å²) in [6.07, 6.45) is 0. The molecular formula is C13H14BrNO3. The summed E-state index contributed by atoms with van der Waals surface area (Å²) >= 11 is 3.31. The van der Waals surface area contributed by atoms with Gasteiger partial charge in [-0.1, -0.05) is 29.8 Å². The summed E-state index contributed by atoms with van der Waals surface area (Å²) in [7, 11) is 0. The second-order valence-corrected chi connectivity index (χ2v) is 6.03. The molecule has 0 radical (unpaired) electrons. The van der Waals surface area contributed by atoms with E-state index in [-0.39, 0.29) is 5.91 Å². The lowest BCUT2D eigenvalue weighted by Gasteiger charge is -2.05. The lowest BCUT2D eigenvalue weighted by atomic mass is 10.1. The number of anilines is 1. The van der Waals surface area contributed by atoms with Crippen molar-refractivity contribution in [3.63, 3.8) is 0 Å². The molecule has 0 spiro atoms. The molecule has 1 aliphatic rings. The highest BCUT2D eigenvalue weighted by atomic mass is 79.9. The number of carbonyl (C=O) groups is 2. The van der Waals surface area contributed by atoms with Gasteiger partial charge in [0.25, 0.3) is 0 Å². The monoisotopic (exact) mass is 311 g/mol. The van der Waals surface area contributed by atoms with Crippen LogP contribution in [0.4, 0.5) is 5.69 Å². The number of hydrogen-bond donors (Lipinski definition) is 2. The fourth-order valence-corrected chi connectivity index (χ4v) is 2.61. The SMILES string of the molecule is CC1(C)[C@H](C(=O)O)[C@@H]1C(=O)Nc1ccc(Br)cc1. The van der Waals surface area contributed by atoms with Crippen LogP contribution in [0.25, 0.3) is 0 Å². The predicted octanol–water partition coefficient (Wildman–Crippen LogP) is 2.74. The topological polar surface area (TPSA) is 66.4 Å². The molecule has 1 aliphatic carbocycles. The Labute approximate surface area is 114 Å². The van der Waals surface area contributed by atoms with Crippen molar-refractivity contribution >= 4 is 33.5 Å². The fraction of sp³-hybridized carbons (Fsp3) is 0.385. The van der Waals surface area contributed by atoms with Gasteiger partial charge in [-0.25, -0.2) is 0 Å². The molecule has 1 amide bonds. The minimum atomic E-state index is -0.907. The summed E-state index contributed by atoms with van der Waals surface area (Å²) in [6.45, 7) is 3.61. The average Bonchev–Trinajstić information content (AvgIpc) is 2.85. The van der Waals surface area contributed by atoms with E-state index < -0.39 is 23.2 Å². The van der Waals surface area contributed by atoms with E-state index in [1.807, 2.05) is 12.1 Å². The third kappa shape index (κ3) is 2.27. The van der Waals surface area contributed by atoms with Gasteiger partial charge in [0, 0.05) is 10.2 Å². The van der Waals surface area contributed by atoms with Gasteiger partial charge in [-0.15, -0.1) is 0 Å². The molecule has 0 unspecified atom stereocenters. The molecule has 2 N–H and O–H groups in total. The number of carbonyl (C=O) groups excluding carboxylic acids is 1. The Balaban J connectivity index is 2.06. The van der Waals surface area contributed by atoms with Gasteiger partial charge < -0.3 is 10.4 Å². The predicted molar refractivity (Wildman–Crippen MR) is 71.2 cm³/mol. The summed E-state index contributed by atoms with van der Waals surface area (Å²) in [5.41, 5.74) is 0.209. The Hall–Kier alpha value is -1.36. The van der Waals surface area contributed by atoms with E-state index in [2.05, 4.69) is 21.2 Å². The molecule has 0 saturated heterocycles. The average molecular weight is 312 g/mol. The minimum Gasteiger partial charge on any atom is -0.481 e. The first-order valence-corrected chi connectivity index (χ1v) is 6.42. The van der Waals surface area contributed by atoms with Crippen LogP contribution in [0.15, 0.2) is 28.7 Å². The second-order valence-electron chi connectivity index (χ2n) is 5.11. The lowest BCUT2D eigenvalue weighted by Crippen LogP contribution is -2.17. The fourth-order valence-electron chi connectivity index (χ4n) is 2.34. The van der Waals surface area contributed by atoms with E-state index in [0.29, 0.717) is 5.69 Å². The number of rotatable bonds is 3. The summed E-state index contributed by atoms with van der Waals surface area (Å²) in [4.78, 5) is 23.0. The van der Waals surface area contributed by atoms with Crippen LogP contribution in [0.3, 0.4) is 0 Å². The summed E-state index contributed by atoms with van der Waals surface area (Å²) in [6, 6.07) is 7.19. The Kier molecular flexibility index (Phi) is 3.19. The van der Waals surface area contributed by atoms with Crippen molar-refractivity contribution in [1.29, 1.82) is 0 Å². The normalized spacial score (nSPS) is 24.4. The molecule has 2 atom stereocenters. The number of carboxylic acids is 1. The van der Waals surface area contributed by atoms with Crippen molar-refractivity contribution in [2.24, 2.45) is 17.3 Å². The highest BCUT2D eigenvalue weighted by Gasteiger charge is 2.65. The number of carboxylic acid groups (broad SMARTS) is 1. The van der Waals surface area contributed by atoms with Crippen molar-refractivity contribution in [2.45, 2.75) is 13.8 Å². The largest absolute Gasteiger partial charge is 0.481 e. The lowest BCUT2D eigenvalue weighted by molar-refractivity contribution is -0.140. The maximum atomic E-state index is 12.0. The summed E-state index contributed by atoms with van der Waals surface area (Å²) in [5.74, 6) is -2.18. The van der Waals surface area contributed by atoms with E-state index in [9.17, 15) is 9.59 Å². The van der Waals surface area contributed by atoms with Crippen molar-refractivity contribution in [1.82, 2.24) is 0 Å². The van der Waals surface area contributed by atoms with E-state index in [1.54, 1.807) is 26.0 Å². The molecule has 4 nitrogen and oxygen atoms in total. The number of nitrogens with one attached hydrogen (secondary N) is 1. The Bertz CT molecular complexity index is 495. The third-order valence-electron chi connectivity index (χ3n) is 3.49. The molecule has 96 valence electrons. The first kappa shape index (κ1) is 13.1. The molecule has 18 heavy (non-hydrogen) atoms. The zero-order valence-corrected chi connectivity index (χ0v) is 11.7. The molecule has 1 aromatic rings. The van der Waals surface area contributed by atoms with E-state index in [1.165, 1.54) is 0 Å². The van der Waals surface area contributed by atoms with E-state index in [4.69, 9.17) is 5.11 Å². The summed E-state index contributed by atoms with van der Waals surface area (Å²) in [5, 5.41) is 11.8. The number of hydrogen-bond acceptors (Lipinski definition) is 2. The molecule has 1 aromatic carbocycles. The standard InChI is InChI=1S/C13H14BrNO3/c1-13(2)9(10(13)12(17)18)11(16)15-8-5-3-7(14)4-6-8/h3-6,9-10H,1-2H3,(H,15,16)(H,17,18)/t9-,10+/m1/s1. The van der Waals surface area contributed by atoms with Crippen LogP contribution >= 0.6 is 15.9 Å². The zero-order valence-electron chi connectivity index (χ0n) is 10.1. The second kappa shape index (κ2) is 4.39. The third-order valence-corrected chi connectivity index (χ3v) is 4.02. The summed E-state index contributed by atoms with van der Waals surface area (Å²) < 4.78 is 0.927. The maximum absolute atomic E-state index is 12.0. The molecule has 2 rings (SSSR count). The number of halogens is 1. The van der Waals surface area contributed by atoms with Gasteiger partial charge in [0.05, 0.1) is 11.8 Å². The quantitative estimate of drug-likeness (QED) is 0.902. The minimum absolute atomic E-state index is 0.227. The maximum Gasteiger partial charge on any atom is 0.307 e. The Morgan fingerprint density at radius 1 is 1.22 bits per heavy atom. The van der Waals surface area contributed by atoms with Crippen LogP contribution in [-0.4, -0.2) is 17.0 Å². The smallest absolute Gasteiger partial charge is 0.307 e. The van der Waals surface area contributed by atoms with Crippen LogP contribution in [0.2, 0.25) is 0 Å². The molecule has 1 saturated carbocycles. The van der Waals surface area contributed by atoms with Gasteiger partial charge >= 0.3 is 5.97 Å². The van der Waals surface area contributed by atoms with Crippen LogP contribution in [0.5, 0.6) is 0 Å². The van der Waals surface area contributed by atoms with E-state index in [0.717, 1.165) is 4.47 Å². The molecule has 5 heteroatoms. The van der Waals surface area contributed by atoms with Gasteiger partial charge in [0.1, 0.15) is 0 Å². The van der Waals surface area contributed by atoms with Gasteiger partial charge in [-0.3, -0.25) is 9.59 Å². The van der Waals surface area contributed by atoms with E-state index >= 15 is 0 Å². The van der Waals surface area contributed by atoms with Gasteiger partial charge in [0.2, 0.25) is 5.91 Å². The zero-order chi connectivity index (χ0) is 13.5. The first-order valence-electron chi connectivity index (χ1n) is 5.63. The van der Waals surface area contributed by atoms with Crippen molar-refractivity contribution in [3.05, 3.63) is 28.7 Å². The van der Waals surface area contributed by atoms with Crippen molar-refractivity contribution in [2.75, 3.05) is 5.32 Å². The molecular weight excluding hydrogens is 298 g/mol. The van der Waals surface area contributed by atoms with Crippen molar-refractivity contribution in [3.8, 4) is 0 Å². The molecule has 0 bridgehead atoms.